The lowest BCUT2D eigenvalue weighted by molar-refractivity contribution is 0.0501. The molecule has 1 fully saturated rings. The fourth-order valence-electron chi connectivity index (χ4n) is 2.53. The van der Waals surface area contributed by atoms with Gasteiger partial charge in [-0.3, -0.25) is 4.79 Å². The Balaban J connectivity index is 1.97. The van der Waals surface area contributed by atoms with Gasteiger partial charge in [-0.25, -0.2) is 9.78 Å². The van der Waals surface area contributed by atoms with Gasteiger partial charge in [0.2, 0.25) is 0 Å². The van der Waals surface area contributed by atoms with Crippen LogP contribution in [-0.4, -0.2) is 46.6 Å². The second kappa shape index (κ2) is 7.17. The number of halogens is 1. The van der Waals surface area contributed by atoms with Gasteiger partial charge in [-0.2, -0.15) is 0 Å². The zero-order valence-electron chi connectivity index (χ0n) is 13.6. The van der Waals surface area contributed by atoms with Crippen molar-refractivity contribution in [1.29, 1.82) is 0 Å². The number of nitrogens with one attached hydrogen (secondary N) is 1. The summed E-state index contributed by atoms with van der Waals surface area (Å²) in [6.45, 7) is 6.43. The minimum Gasteiger partial charge on any atom is -0.444 e. The third-order valence-electron chi connectivity index (χ3n) is 3.51. The number of aromatic nitrogens is 1. The third kappa shape index (κ3) is 4.82. The van der Waals surface area contributed by atoms with E-state index in [0.717, 1.165) is 12.8 Å². The highest BCUT2D eigenvalue weighted by atomic mass is 35.5. The summed E-state index contributed by atoms with van der Waals surface area (Å²) in [6, 6.07) is 3.28. The first-order chi connectivity index (χ1) is 10.8. The number of amides is 2. The van der Waals surface area contributed by atoms with Crippen LogP contribution in [0.3, 0.4) is 0 Å². The topological polar surface area (TPSA) is 71.5 Å². The number of pyridine rings is 1. The summed E-state index contributed by atoms with van der Waals surface area (Å²) in [5.74, 6) is -0.156. The average molecular weight is 340 g/mol. The van der Waals surface area contributed by atoms with E-state index in [1.54, 1.807) is 23.2 Å². The van der Waals surface area contributed by atoms with Gasteiger partial charge in [0, 0.05) is 25.3 Å². The summed E-state index contributed by atoms with van der Waals surface area (Å²) >= 11 is 6.00. The number of carbonyl (C=O) groups is 2. The molecule has 7 heteroatoms. The first-order valence-corrected chi connectivity index (χ1v) is 8.04. The van der Waals surface area contributed by atoms with Crippen LogP contribution in [0.1, 0.15) is 44.0 Å². The summed E-state index contributed by atoms with van der Waals surface area (Å²) in [4.78, 5) is 30.0. The predicted octanol–water partition coefficient (Wildman–Crippen LogP) is 2.86. The SMILES string of the molecule is CC(C)(C)OC(=O)NCC1CCCN1C(=O)c1cccnc1Cl. The average Bonchev–Trinajstić information content (AvgIpc) is 2.91. The minimum atomic E-state index is -0.543. The second-order valence-corrected chi connectivity index (χ2v) is 6.88. The molecule has 6 nitrogen and oxygen atoms in total. The van der Waals surface area contributed by atoms with Gasteiger partial charge >= 0.3 is 6.09 Å². The van der Waals surface area contributed by atoms with Gasteiger partial charge in [0.05, 0.1) is 5.56 Å². The van der Waals surface area contributed by atoms with Crippen molar-refractivity contribution in [3.63, 3.8) is 0 Å². The maximum Gasteiger partial charge on any atom is 0.407 e. The van der Waals surface area contributed by atoms with Gasteiger partial charge in [-0.05, 0) is 45.7 Å². The lowest BCUT2D eigenvalue weighted by Gasteiger charge is -2.26. The van der Waals surface area contributed by atoms with E-state index in [9.17, 15) is 9.59 Å². The Morgan fingerprint density at radius 1 is 1.48 bits per heavy atom. The largest absolute Gasteiger partial charge is 0.444 e. The van der Waals surface area contributed by atoms with Gasteiger partial charge in [-0.1, -0.05) is 11.6 Å². The highest BCUT2D eigenvalue weighted by Crippen LogP contribution is 2.22. The summed E-state index contributed by atoms with van der Waals surface area (Å²) in [5.41, 5.74) is -0.156. The molecule has 1 aromatic rings. The van der Waals surface area contributed by atoms with Crippen LogP contribution in [0.5, 0.6) is 0 Å². The molecule has 1 aliphatic rings. The van der Waals surface area contributed by atoms with E-state index < -0.39 is 11.7 Å². The van der Waals surface area contributed by atoms with Gasteiger partial charge in [0.25, 0.3) is 5.91 Å². The van der Waals surface area contributed by atoms with Crippen LogP contribution in [0.15, 0.2) is 18.3 Å². The number of alkyl carbamates (subject to hydrolysis) is 1. The molecule has 126 valence electrons. The molecule has 0 spiro atoms. The Morgan fingerprint density at radius 3 is 2.87 bits per heavy atom. The minimum absolute atomic E-state index is 0.0636. The van der Waals surface area contributed by atoms with E-state index in [2.05, 4.69) is 10.3 Å². The number of ether oxygens (including phenoxy) is 1. The molecule has 2 rings (SSSR count). The van der Waals surface area contributed by atoms with Crippen molar-refractivity contribution in [2.24, 2.45) is 0 Å². The normalized spacial score (nSPS) is 17.9. The van der Waals surface area contributed by atoms with Crippen molar-refractivity contribution in [1.82, 2.24) is 15.2 Å². The van der Waals surface area contributed by atoms with E-state index in [-0.39, 0.29) is 17.1 Å². The molecule has 2 heterocycles. The summed E-state index contributed by atoms with van der Waals surface area (Å²) in [7, 11) is 0. The molecule has 1 saturated heterocycles. The smallest absolute Gasteiger partial charge is 0.407 e. The van der Waals surface area contributed by atoms with Crippen molar-refractivity contribution in [3.05, 3.63) is 29.0 Å². The number of hydrogen-bond donors (Lipinski definition) is 1. The fourth-order valence-corrected chi connectivity index (χ4v) is 2.73. The molecule has 0 aliphatic carbocycles. The van der Waals surface area contributed by atoms with Crippen molar-refractivity contribution in [2.45, 2.75) is 45.3 Å². The molecule has 2 amide bonds. The highest BCUT2D eigenvalue weighted by Gasteiger charge is 2.31. The Labute approximate surface area is 141 Å². The van der Waals surface area contributed by atoms with Crippen molar-refractivity contribution < 1.29 is 14.3 Å². The molecule has 1 unspecified atom stereocenters. The van der Waals surface area contributed by atoms with Gasteiger partial charge in [-0.15, -0.1) is 0 Å². The predicted molar refractivity (Wildman–Crippen MR) is 87.5 cm³/mol. The zero-order valence-corrected chi connectivity index (χ0v) is 14.4. The Hall–Kier alpha value is -1.82. The van der Waals surface area contributed by atoms with Crippen LogP contribution in [0.4, 0.5) is 4.79 Å². The molecule has 1 atom stereocenters. The quantitative estimate of drug-likeness (QED) is 0.859. The molecular formula is C16H22ClN3O3. The number of nitrogens with zero attached hydrogens (tertiary/aromatic N) is 2. The maximum absolute atomic E-state index is 12.6. The zero-order chi connectivity index (χ0) is 17.0. The van der Waals surface area contributed by atoms with Crippen molar-refractivity contribution in [2.75, 3.05) is 13.1 Å². The molecule has 1 aromatic heterocycles. The van der Waals surface area contributed by atoms with Crippen LogP contribution in [0.2, 0.25) is 5.15 Å². The highest BCUT2D eigenvalue weighted by molar-refractivity contribution is 6.32. The monoisotopic (exact) mass is 339 g/mol. The van der Waals surface area contributed by atoms with Crippen molar-refractivity contribution in [3.8, 4) is 0 Å². The lowest BCUT2D eigenvalue weighted by atomic mass is 10.2. The van der Waals surface area contributed by atoms with Crippen LogP contribution in [0, 0.1) is 0 Å². The number of likely N-dealkylation sites (tertiary alicyclic amines) is 1. The number of rotatable bonds is 3. The van der Waals surface area contributed by atoms with E-state index in [0.29, 0.717) is 18.7 Å². The molecule has 1 aliphatic heterocycles. The first kappa shape index (κ1) is 17.5. The molecule has 0 saturated carbocycles. The molecule has 0 aromatic carbocycles. The van der Waals surface area contributed by atoms with Gasteiger partial charge in [0.1, 0.15) is 10.8 Å². The van der Waals surface area contributed by atoms with E-state index >= 15 is 0 Å². The van der Waals surface area contributed by atoms with Gasteiger partial charge in [0.15, 0.2) is 0 Å². The Morgan fingerprint density at radius 2 is 2.22 bits per heavy atom. The van der Waals surface area contributed by atoms with Crippen LogP contribution in [-0.2, 0) is 4.74 Å². The van der Waals surface area contributed by atoms with E-state index in [1.165, 1.54) is 0 Å². The molecule has 0 radical (unpaired) electrons. The first-order valence-electron chi connectivity index (χ1n) is 7.66. The Kier molecular flexibility index (Phi) is 5.46. The fraction of sp³-hybridized carbons (Fsp3) is 0.562. The van der Waals surface area contributed by atoms with Crippen LogP contribution in [0.25, 0.3) is 0 Å². The summed E-state index contributed by atoms with van der Waals surface area (Å²) in [6.07, 6.45) is 2.80. The maximum atomic E-state index is 12.6. The standard InChI is InChI=1S/C16H22ClN3O3/c1-16(2,3)23-15(22)19-10-11-6-5-9-20(11)14(21)12-7-4-8-18-13(12)17/h4,7-8,11H,5-6,9-10H2,1-3H3,(H,19,22). The second-order valence-electron chi connectivity index (χ2n) is 6.52. The summed E-state index contributed by atoms with van der Waals surface area (Å²) in [5, 5.41) is 2.93. The molecule has 1 N–H and O–H groups in total. The van der Waals surface area contributed by atoms with Gasteiger partial charge < -0.3 is 15.0 Å². The lowest BCUT2D eigenvalue weighted by Crippen LogP contribution is -2.44. The molecule has 23 heavy (non-hydrogen) atoms. The number of hydrogen-bond acceptors (Lipinski definition) is 4. The van der Waals surface area contributed by atoms with Crippen LogP contribution >= 0.6 is 11.6 Å². The number of carbonyl (C=O) groups excluding carboxylic acids is 2. The van der Waals surface area contributed by atoms with Crippen LogP contribution < -0.4 is 5.32 Å². The summed E-state index contributed by atoms with van der Waals surface area (Å²) < 4.78 is 5.21. The molecule has 0 bridgehead atoms. The third-order valence-corrected chi connectivity index (χ3v) is 3.81. The molecular weight excluding hydrogens is 318 g/mol. The van der Waals surface area contributed by atoms with E-state index in [4.69, 9.17) is 16.3 Å². The Bertz CT molecular complexity index is 586. The van der Waals surface area contributed by atoms with E-state index in [1.807, 2.05) is 20.8 Å². The van der Waals surface area contributed by atoms with Crippen molar-refractivity contribution >= 4 is 23.6 Å².